The van der Waals surface area contributed by atoms with E-state index in [1.165, 1.54) is 7.11 Å². The molecular weight excluding hydrogens is 442 g/mol. The number of halogens is 1. The van der Waals surface area contributed by atoms with E-state index < -0.39 is 18.5 Å². The summed E-state index contributed by atoms with van der Waals surface area (Å²) < 4.78 is 10.6. The number of nitrogens with one attached hydrogen (secondary N) is 1. The molecule has 0 radical (unpaired) electrons. The number of esters is 1. The summed E-state index contributed by atoms with van der Waals surface area (Å²) in [6, 6.07) is 12.4. The Bertz CT molecular complexity index is 1200. The van der Waals surface area contributed by atoms with Gasteiger partial charge in [0.25, 0.3) is 5.91 Å². The number of amides is 1. The second-order valence-electron chi connectivity index (χ2n) is 7.93. The van der Waals surface area contributed by atoms with E-state index in [0.29, 0.717) is 28.6 Å². The van der Waals surface area contributed by atoms with Gasteiger partial charge < -0.3 is 14.8 Å². The molecule has 0 saturated heterocycles. The Kier molecular flexibility index (Phi) is 7.11. The number of methoxy groups -OCH3 is 1. The smallest absolute Gasteiger partial charge is 0.339 e. The summed E-state index contributed by atoms with van der Waals surface area (Å²) in [5.41, 5.74) is 3.55. The lowest BCUT2D eigenvalue weighted by atomic mass is 9.95. The number of nitrogens with zero attached hydrogens (tertiary/aromatic N) is 2. The summed E-state index contributed by atoms with van der Waals surface area (Å²) in [5.74, 6) is -0.469. The number of carbonyl (C=O) groups excluding carboxylic acids is 2. The van der Waals surface area contributed by atoms with Gasteiger partial charge in [-0.2, -0.15) is 0 Å². The molecule has 3 aromatic rings. The maximum atomic E-state index is 13.2. The lowest BCUT2D eigenvalue weighted by Gasteiger charge is -2.29. The fraction of sp³-hybridized carbons (Fsp3) is 0.320. The number of para-hydroxylation sites is 1. The molecule has 1 amide bonds. The minimum Gasteiger partial charge on any atom is -0.495 e. The van der Waals surface area contributed by atoms with E-state index in [1.807, 2.05) is 24.3 Å². The molecule has 0 aliphatic carbocycles. The number of anilines is 1. The Labute approximate surface area is 197 Å². The Balaban J connectivity index is 1.53. The SMILES string of the molecule is CCCN1CCc2nc3ccccc3c(C(=O)OCC(=O)Nc3ccc(OC)c(Cl)c3)c2C1. The molecule has 7 nitrogen and oxygen atoms in total. The number of rotatable bonds is 7. The third-order valence-electron chi connectivity index (χ3n) is 5.64. The molecular formula is C25H26ClN3O4. The third kappa shape index (κ3) is 5.10. The predicted molar refractivity (Wildman–Crippen MR) is 128 cm³/mol. The molecule has 1 aliphatic heterocycles. The van der Waals surface area contributed by atoms with Crippen molar-refractivity contribution in [2.24, 2.45) is 0 Å². The van der Waals surface area contributed by atoms with Gasteiger partial charge in [0.05, 0.1) is 23.2 Å². The molecule has 2 aromatic carbocycles. The minimum atomic E-state index is -0.522. The van der Waals surface area contributed by atoms with E-state index in [9.17, 15) is 9.59 Å². The maximum absolute atomic E-state index is 13.2. The zero-order valence-electron chi connectivity index (χ0n) is 18.7. The Morgan fingerprint density at radius 3 is 2.79 bits per heavy atom. The van der Waals surface area contributed by atoms with Crippen LogP contribution in [0.25, 0.3) is 10.9 Å². The van der Waals surface area contributed by atoms with E-state index >= 15 is 0 Å². The van der Waals surface area contributed by atoms with Gasteiger partial charge in [0.1, 0.15) is 5.75 Å². The Morgan fingerprint density at radius 2 is 2.03 bits per heavy atom. The van der Waals surface area contributed by atoms with Gasteiger partial charge in [-0.15, -0.1) is 0 Å². The second-order valence-corrected chi connectivity index (χ2v) is 8.34. The van der Waals surface area contributed by atoms with Crippen molar-refractivity contribution in [3.05, 3.63) is 64.3 Å². The van der Waals surface area contributed by atoms with E-state index in [-0.39, 0.29) is 0 Å². The quantitative estimate of drug-likeness (QED) is 0.517. The van der Waals surface area contributed by atoms with Crippen molar-refractivity contribution >= 4 is 40.1 Å². The van der Waals surface area contributed by atoms with Crippen LogP contribution in [-0.4, -0.2) is 48.6 Å². The topological polar surface area (TPSA) is 80.8 Å². The van der Waals surface area contributed by atoms with E-state index in [4.69, 9.17) is 26.1 Å². The number of carbonyl (C=O) groups is 2. The van der Waals surface area contributed by atoms with Crippen LogP contribution < -0.4 is 10.1 Å². The largest absolute Gasteiger partial charge is 0.495 e. The van der Waals surface area contributed by atoms with E-state index in [1.54, 1.807) is 18.2 Å². The molecule has 33 heavy (non-hydrogen) atoms. The maximum Gasteiger partial charge on any atom is 0.339 e. The molecule has 0 spiro atoms. The zero-order chi connectivity index (χ0) is 23.4. The van der Waals surface area contributed by atoms with Crippen LogP contribution in [-0.2, 0) is 22.5 Å². The number of hydrogen-bond donors (Lipinski definition) is 1. The van der Waals surface area contributed by atoms with Gasteiger partial charge in [-0.05, 0) is 37.2 Å². The highest BCUT2D eigenvalue weighted by Gasteiger charge is 2.26. The molecule has 1 aliphatic rings. The van der Waals surface area contributed by atoms with Gasteiger partial charge in [0.15, 0.2) is 6.61 Å². The van der Waals surface area contributed by atoms with Gasteiger partial charge in [-0.3, -0.25) is 14.7 Å². The minimum absolute atomic E-state index is 0.374. The first kappa shape index (κ1) is 23.0. The van der Waals surface area contributed by atoms with Crippen LogP contribution in [0.15, 0.2) is 42.5 Å². The molecule has 0 atom stereocenters. The molecule has 8 heteroatoms. The summed E-state index contributed by atoms with van der Waals surface area (Å²) in [6.07, 6.45) is 1.81. The Hall–Kier alpha value is -3.16. The normalized spacial score (nSPS) is 13.4. The van der Waals surface area contributed by atoms with Crippen LogP contribution in [0.3, 0.4) is 0 Å². The Morgan fingerprint density at radius 1 is 1.21 bits per heavy atom. The average Bonchev–Trinajstić information content (AvgIpc) is 2.81. The van der Waals surface area contributed by atoms with Crippen molar-refractivity contribution in [3.8, 4) is 5.75 Å². The zero-order valence-corrected chi connectivity index (χ0v) is 19.4. The van der Waals surface area contributed by atoms with Gasteiger partial charge in [-0.1, -0.05) is 36.7 Å². The van der Waals surface area contributed by atoms with Crippen LogP contribution in [0.5, 0.6) is 5.75 Å². The lowest BCUT2D eigenvalue weighted by Crippen LogP contribution is -2.33. The van der Waals surface area contributed by atoms with Crippen LogP contribution >= 0.6 is 11.6 Å². The molecule has 1 aromatic heterocycles. The summed E-state index contributed by atoms with van der Waals surface area (Å²) in [6.45, 7) is 4.23. The molecule has 2 heterocycles. The fourth-order valence-electron chi connectivity index (χ4n) is 4.13. The van der Waals surface area contributed by atoms with Gasteiger partial charge in [0.2, 0.25) is 0 Å². The average molecular weight is 468 g/mol. The first-order valence-corrected chi connectivity index (χ1v) is 11.3. The van der Waals surface area contributed by atoms with Crippen LogP contribution in [0, 0.1) is 0 Å². The monoisotopic (exact) mass is 467 g/mol. The molecule has 0 unspecified atom stereocenters. The number of hydrogen-bond acceptors (Lipinski definition) is 6. The first-order chi connectivity index (χ1) is 16.0. The van der Waals surface area contributed by atoms with Gasteiger partial charge in [0, 0.05) is 41.8 Å². The second kappa shape index (κ2) is 10.2. The van der Waals surface area contributed by atoms with Crippen molar-refractivity contribution in [3.63, 3.8) is 0 Å². The molecule has 1 N–H and O–H groups in total. The number of ether oxygens (including phenoxy) is 2. The van der Waals surface area contributed by atoms with Crippen molar-refractivity contribution in [1.29, 1.82) is 0 Å². The fourth-order valence-corrected chi connectivity index (χ4v) is 4.39. The van der Waals surface area contributed by atoms with Crippen LogP contribution in [0.2, 0.25) is 5.02 Å². The predicted octanol–water partition coefficient (Wildman–Crippen LogP) is 4.46. The summed E-state index contributed by atoms with van der Waals surface area (Å²) >= 11 is 6.11. The third-order valence-corrected chi connectivity index (χ3v) is 5.93. The van der Waals surface area contributed by atoms with E-state index in [0.717, 1.165) is 48.1 Å². The number of aromatic nitrogens is 1. The van der Waals surface area contributed by atoms with E-state index in [2.05, 4.69) is 17.1 Å². The molecule has 4 rings (SSSR count). The molecule has 0 fully saturated rings. The first-order valence-electron chi connectivity index (χ1n) is 10.9. The van der Waals surface area contributed by atoms with Gasteiger partial charge >= 0.3 is 5.97 Å². The standard InChI is InChI=1S/C25H26ClN3O4/c1-3-11-29-12-10-21-18(14-29)24(17-6-4-5-7-20(17)28-21)25(31)33-15-23(30)27-16-8-9-22(32-2)19(26)13-16/h4-9,13H,3,10-12,14-15H2,1-2H3,(H,27,30). The van der Waals surface area contributed by atoms with Crippen molar-refractivity contribution in [2.45, 2.75) is 26.3 Å². The number of pyridine rings is 1. The highest BCUT2D eigenvalue weighted by Crippen LogP contribution is 2.29. The summed E-state index contributed by atoms with van der Waals surface area (Å²) in [5, 5.41) is 3.80. The summed E-state index contributed by atoms with van der Waals surface area (Å²) in [7, 11) is 1.52. The molecule has 0 saturated carbocycles. The highest BCUT2D eigenvalue weighted by atomic mass is 35.5. The number of benzene rings is 2. The molecule has 172 valence electrons. The van der Waals surface area contributed by atoms with Gasteiger partial charge in [-0.25, -0.2) is 4.79 Å². The molecule has 0 bridgehead atoms. The highest BCUT2D eigenvalue weighted by molar-refractivity contribution is 6.32. The van der Waals surface area contributed by atoms with Crippen molar-refractivity contribution in [2.75, 3.05) is 32.1 Å². The lowest BCUT2D eigenvalue weighted by molar-refractivity contribution is -0.119. The van der Waals surface area contributed by atoms with Crippen molar-refractivity contribution < 1.29 is 19.1 Å². The summed E-state index contributed by atoms with van der Waals surface area (Å²) in [4.78, 5) is 32.7. The van der Waals surface area contributed by atoms with Crippen molar-refractivity contribution in [1.82, 2.24) is 9.88 Å². The van der Waals surface area contributed by atoms with Crippen LogP contribution in [0.1, 0.15) is 35.0 Å². The number of fused-ring (bicyclic) bond motifs is 2. The van der Waals surface area contributed by atoms with Crippen LogP contribution in [0.4, 0.5) is 5.69 Å².